The Morgan fingerprint density at radius 1 is 0.625 bits per heavy atom. The van der Waals surface area contributed by atoms with Crippen molar-refractivity contribution in [1.29, 1.82) is 0 Å². The van der Waals surface area contributed by atoms with Crippen molar-refractivity contribution in [2.45, 2.75) is 0 Å². The van der Waals surface area contributed by atoms with Gasteiger partial charge in [-0.1, -0.05) is 36.4 Å². The van der Waals surface area contributed by atoms with Crippen LogP contribution in [0.4, 0.5) is 10.1 Å². The highest BCUT2D eigenvalue weighted by molar-refractivity contribution is 5.70. The topological polar surface area (TPSA) is 58.2 Å². The molecule has 6 nitrogen and oxygen atoms in total. The summed E-state index contributed by atoms with van der Waals surface area (Å²) >= 11 is 0. The van der Waals surface area contributed by atoms with Crippen molar-refractivity contribution in [2.75, 3.05) is 78.5 Å². The average Bonchev–Trinajstić information content (AvgIpc) is 2.84. The first-order chi connectivity index (χ1) is 15.8. The molecule has 0 aliphatic carbocycles. The molecule has 0 heterocycles. The molecule has 0 saturated carbocycles. The molecule has 0 atom stereocenters. The van der Waals surface area contributed by atoms with Crippen molar-refractivity contribution in [3.63, 3.8) is 0 Å². The minimum Gasteiger partial charge on any atom is -0.491 e. The highest BCUT2D eigenvalue weighted by Gasteiger charge is 1.96. The molecule has 2 aromatic carbocycles. The van der Waals surface area contributed by atoms with E-state index in [-0.39, 0.29) is 6.61 Å². The van der Waals surface area contributed by atoms with Gasteiger partial charge in [0.2, 0.25) is 0 Å². The normalized spacial score (nSPS) is 11.2. The molecule has 0 fully saturated rings. The van der Waals surface area contributed by atoms with Crippen LogP contribution in [0.25, 0.3) is 12.2 Å². The number of benzene rings is 2. The number of ether oxygens (including phenoxy) is 5. The molecule has 0 aliphatic heterocycles. The summed E-state index contributed by atoms with van der Waals surface area (Å²) in [5.74, 6) is 0.813. The van der Waals surface area contributed by atoms with Crippen LogP contribution < -0.4 is 10.1 Å². The Hall–Kier alpha value is -2.45. The summed E-state index contributed by atoms with van der Waals surface area (Å²) in [5, 5.41) is 3.11. The van der Waals surface area contributed by atoms with Crippen molar-refractivity contribution < 1.29 is 28.1 Å². The number of alkyl halides is 1. The summed E-state index contributed by atoms with van der Waals surface area (Å²) in [5.41, 5.74) is 3.36. The van der Waals surface area contributed by atoms with Crippen LogP contribution in [0.3, 0.4) is 0 Å². The fourth-order valence-electron chi connectivity index (χ4n) is 2.66. The van der Waals surface area contributed by atoms with Crippen molar-refractivity contribution in [2.24, 2.45) is 0 Å². The molecule has 0 amide bonds. The molecule has 0 radical (unpaired) electrons. The van der Waals surface area contributed by atoms with Gasteiger partial charge in [-0.15, -0.1) is 0 Å². The molecule has 0 aromatic heterocycles. The summed E-state index contributed by atoms with van der Waals surface area (Å²) in [6, 6.07) is 16.2. The first-order valence-electron chi connectivity index (χ1n) is 10.9. The summed E-state index contributed by atoms with van der Waals surface area (Å²) in [7, 11) is 1.91. The minimum absolute atomic E-state index is 0.122. The number of hydrogen-bond acceptors (Lipinski definition) is 6. The van der Waals surface area contributed by atoms with E-state index in [1.165, 1.54) is 0 Å². The Labute approximate surface area is 190 Å². The van der Waals surface area contributed by atoms with Gasteiger partial charge >= 0.3 is 0 Å². The smallest absolute Gasteiger partial charge is 0.119 e. The van der Waals surface area contributed by atoms with Gasteiger partial charge < -0.3 is 29.0 Å². The first-order valence-corrected chi connectivity index (χ1v) is 10.9. The standard InChI is InChI=1S/C25H34FNO5/c1-27-24-8-4-22(5-9-24)2-3-23-6-10-25(11-7-23)32-21-20-31-19-18-30-17-16-29-15-14-28-13-12-26/h2-11,27H,12-21H2,1H3. The van der Waals surface area contributed by atoms with Gasteiger partial charge in [0.15, 0.2) is 0 Å². The second-order valence-electron chi connectivity index (χ2n) is 6.76. The fourth-order valence-corrected chi connectivity index (χ4v) is 2.66. The molecule has 0 spiro atoms. The van der Waals surface area contributed by atoms with E-state index >= 15 is 0 Å². The van der Waals surface area contributed by atoms with Crippen LogP contribution in [0, 0.1) is 0 Å². The summed E-state index contributed by atoms with van der Waals surface area (Å²) < 4.78 is 38.6. The zero-order valence-electron chi connectivity index (χ0n) is 18.8. The highest BCUT2D eigenvalue weighted by Crippen LogP contribution is 2.15. The third kappa shape index (κ3) is 11.8. The van der Waals surface area contributed by atoms with E-state index in [9.17, 15) is 4.39 Å². The minimum atomic E-state index is -0.467. The van der Waals surface area contributed by atoms with E-state index in [1.807, 2.05) is 31.3 Å². The summed E-state index contributed by atoms with van der Waals surface area (Å²) in [6.45, 7) is 3.45. The second kappa shape index (κ2) is 17.1. The second-order valence-corrected chi connectivity index (χ2v) is 6.76. The van der Waals surface area contributed by atoms with Gasteiger partial charge in [-0.05, 0) is 35.4 Å². The molecule has 1 N–H and O–H groups in total. The molecule has 7 heteroatoms. The van der Waals surface area contributed by atoms with Crippen LogP contribution in [0.15, 0.2) is 48.5 Å². The van der Waals surface area contributed by atoms with Crippen LogP contribution in [-0.2, 0) is 18.9 Å². The SMILES string of the molecule is CNc1ccc(C=Cc2ccc(OCCOCCOCCOCCOCCF)cc2)cc1. The lowest BCUT2D eigenvalue weighted by molar-refractivity contribution is -0.00557. The lowest BCUT2D eigenvalue weighted by Gasteiger charge is -2.08. The maximum Gasteiger partial charge on any atom is 0.119 e. The highest BCUT2D eigenvalue weighted by atomic mass is 19.1. The molecule has 0 aliphatic rings. The van der Waals surface area contributed by atoms with Crippen LogP contribution in [0.1, 0.15) is 11.1 Å². The largest absolute Gasteiger partial charge is 0.491 e. The Bertz CT molecular complexity index is 737. The molecule has 2 aromatic rings. The Morgan fingerprint density at radius 3 is 1.53 bits per heavy atom. The molecule has 0 unspecified atom stereocenters. The Balaban J connectivity index is 1.47. The Morgan fingerprint density at radius 2 is 1.06 bits per heavy atom. The zero-order valence-corrected chi connectivity index (χ0v) is 18.8. The van der Waals surface area contributed by atoms with Crippen LogP contribution in [0.5, 0.6) is 5.75 Å². The van der Waals surface area contributed by atoms with Gasteiger partial charge in [-0.2, -0.15) is 0 Å². The van der Waals surface area contributed by atoms with Gasteiger partial charge in [0.05, 0.1) is 52.9 Å². The van der Waals surface area contributed by atoms with Crippen molar-refractivity contribution in [3.05, 3.63) is 59.7 Å². The van der Waals surface area contributed by atoms with Crippen molar-refractivity contribution >= 4 is 17.8 Å². The maximum atomic E-state index is 11.8. The predicted octanol–water partition coefficient (Wildman–Crippen LogP) is 4.31. The monoisotopic (exact) mass is 447 g/mol. The van der Waals surface area contributed by atoms with Gasteiger partial charge in [-0.3, -0.25) is 0 Å². The number of rotatable bonds is 18. The molecular weight excluding hydrogens is 413 g/mol. The third-order valence-corrected chi connectivity index (χ3v) is 4.38. The van der Waals surface area contributed by atoms with E-state index < -0.39 is 6.67 Å². The fraction of sp³-hybridized carbons (Fsp3) is 0.440. The van der Waals surface area contributed by atoms with E-state index in [2.05, 4.69) is 41.7 Å². The van der Waals surface area contributed by atoms with Crippen molar-refractivity contribution in [1.82, 2.24) is 0 Å². The van der Waals surface area contributed by atoms with Gasteiger partial charge in [0, 0.05) is 12.7 Å². The molecule has 32 heavy (non-hydrogen) atoms. The van der Waals surface area contributed by atoms with E-state index in [1.54, 1.807) is 0 Å². The van der Waals surface area contributed by atoms with Crippen molar-refractivity contribution in [3.8, 4) is 5.75 Å². The first kappa shape index (κ1) is 25.8. The lowest BCUT2D eigenvalue weighted by atomic mass is 10.1. The van der Waals surface area contributed by atoms with Gasteiger partial charge in [-0.25, -0.2) is 4.39 Å². The zero-order chi connectivity index (χ0) is 22.7. The van der Waals surface area contributed by atoms with Crippen LogP contribution in [-0.4, -0.2) is 73.2 Å². The van der Waals surface area contributed by atoms with E-state index in [0.717, 1.165) is 22.6 Å². The number of anilines is 1. The van der Waals surface area contributed by atoms with Gasteiger partial charge in [0.25, 0.3) is 0 Å². The van der Waals surface area contributed by atoms with E-state index in [4.69, 9.17) is 23.7 Å². The number of nitrogens with one attached hydrogen (secondary N) is 1. The summed E-state index contributed by atoms with van der Waals surface area (Å²) in [4.78, 5) is 0. The van der Waals surface area contributed by atoms with Gasteiger partial charge in [0.1, 0.15) is 19.0 Å². The quantitative estimate of drug-likeness (QED) is 0.271. The molecule has 176 valence electrons. The molecule has 0 bridgehead atoms. The average molecular weight is 448 g/mol. The van der Waals surface area contributed by atoms with Crippen LogP contribution in [0.2, 0.25) is 0 Å². The lowest BCUT2D eigenvalue weighted by Crippen LogP contribution is -2.14. The molecular formula is C25H34FNO5. The number of hydrogen-bond donors (Lipinski definition) is 1. The predicted molar refractivity (Wildman–Crippen MR) is 126 cm³/mol. The molecule has 0 saturated heterocycles. The third-order valence-electron chi connectivity index (χ3n) is 4.38. The molecule has 2 rings (SSSR count). The number of halogens is 1. The Kier molecular flexibility index (Phi) is 13.8. The summed E-state index contributed by atoms with van der Waals surface area (Å²) in [6.07, 6.45) is 4.16. The maximum absolute atomic E-state index is 11.8. The van der Waals surface area contributed by atoms with Crippen LogP contribution >= 0.6 is 0 Å². The van der Waals surface area contributed by atoms with E-state index in [0.29, 0.717) is 52.9 Å².